The van der Waals surface area contributed by atoms with Crippen LogP contribution in [0.5, 0.6) is 0 Å². The van der Waals surface area contributed by atoms with E-state index in [-0.39, 0.29) is 5.91 Å². The Labute approximate surface area is 132 Å². The Morgan fingerprint density at radius 2 is 2.00 bits per heavy atom. The van der Waals surface area contributed by atoms with Gasteiger partial charge < -0.3 is 15.7 Å². The summed E-state index contributed by atoms with van der Waals surface area (Å²) in [5.41, 5.74) is 6.17. The molecule has 1 aliphatic rings. The Morgan fingerprint density at radius 3 is 2.48 bits per heavy atom. The summed E-state index contributed by atoms with van der Waals surface area (Å²) in [6.45, 7) is 2.82. The van der Waals surface area contributed by atoms with Gasteiger partial charge in [-0.15, -0.1) is 0 Å². The molecule has 5 nitrogen and oxygen atoms in total. The van der Waals surface area contributed by atoms with Gasteiger partial charge in [0.1, 0.15) is 0 Å². The topological polar surface area (TPSA) is 83.6 Å². The number of hydrogen-bond acceptors (Lipinski definition) is 3. The number of carbonyl (C=O) groups is 2. The van der Waals surface area contributed by atoms with Crippen LogP contribution in [0.25, 0.3) is 0 Å². The van der Waals surface area contributed by atoms with E-state index in [9.17, 15) is 14.7 Å². The van der Waals surface area contributed by atoms with Gasteiger partial charge in [-0.05, 0) is 53.4 Å². The van der Waals surface area contributed by atoms with Crippen molar-refractivity contribution < 1.29 is 14.7 Å². The Balaban J connectivity index is 2.09. The van der Waals surface area contributed by atoms with Crippen LogP contribution in [0, 0.1) is 5.41 Å². The lowest BCUT2D eigenvalue weighted by Crippen LogP contribution is -2.46. The monoisotopic (exact) mass is 354 g/mol. The summed E-state index contributed by atoms with van der Waals surface area (Å²) in [6, 6.07) is 5.12. The minimum Gasteiger partial charge on any atom is -0.481 e. The number of amides is 1. The van der Waals surface area contributed by atoms with Crippen LogP contribution >= 0.6 is 15.9 Å². The van der Waals surface area contributed by atoms with Crippen molar-refractivity contribution in [2.75, 3.05) is 18.8 Å². The van der Waals surface area contributed by atoms with E-state index in [1.165, 1.54) is 0 Å². The van der Waals surface area contributed by atoms with Crippen molar-refractivity contribution in [3.63, 3.8) is 0 Å². The molecule has 1 amide bonds. The lowest BCUT2D eigenvalue weighted by atomic mass is 9.76. The molecule has 3 N–H and O–H groups in total. The second-order valence-corrected chi connectivity index (χ2v) is 6.32. The first-order chi connectivity index (χ1) is 9.89. The molecule has 1 fully saturated rings. The maximum absolute atomic E-state index is 12.4. The molecule has 1 aliphatic heterocycles. The Bertz CT molecular complexity index is 566. The number of piperidine rings is 1. The zero-order valence-corrected chi connectivity index (χ0v) is 13.5. The molecule has 1 aromatic rings. The van der Waals surface area contributed by atoms with Crippen molar-refractivity contribution in [3.05, 3.63) is 28.2 Å². The third-order valence-corrected chi connectivity index (χ3v) is 5.10. The highest BCUT2D eigenvalue weighted by Gasteiger charge is 2.40. The second kappa shape index (κ2) is 6.05. The minimum absolute atomic E-state index is 0.0932. The van der Waals surface area contributed by atoms with E-state index in [1.54, 1.807) is 23.1 Å². The predicted molar refractivity (Wildman–Crippen MR) is 84.1 cm³/mol. The molecule has 6 heteroatoms. The standard InChI is InChI=1S/C15H19BrN2O3/c1-2-15(14(20)21)5-7-18(8-6-15)13(19)10-3-4-11(16)12(17)9-10/h3-4,9H,2,5-8,17H2,1H3,(H,20,21). The van der Waals surface area contributed by atoms with Gasteiger partial charge in [0.15, 0.2) is 0 Å². The minimum atomic E-state index is -0.759. The number of carboxylic acids is 1. The first kappa shape index (κ1) is 15.8. The first-order valence-electron chi connectivity index (χ1n) is 6.97. The van der Waals surface area contributed by atoms with Gasteiger partial charge in [0, 0.05) is 28.8 Å². The van der Waals surface area contributed by atoms with Gasteiger partial charge in [0.05, 0.1) is 5.41 Å². The molecule has 21 heavy (non-hydrogen) atoms. The molecule has 0 atom stereocenters. The van der Waals surface area contributed by atoms with Gasteiger partial charge in [-0.25, -0.2) is 0 Å². The summed E-state index contributed by atoms with van der Waals surface area (Å²) in [5.74, 6) is -0.853. The van der Waals surface area contributed by atoms with Gasteiger partial charge in [0.2, 0.25) is 0 Å². The van der Waals surface area contributed by atoms with Crippen LogP contribution in [0.1, 0.15) is 36.5 Å². The van der Waals surface area contributed by atoms with Crippen LogP contribution < -0.4 is 5.73 Å². The van der Waals surface area contributed by atoms with Crippen molar-refractivity contribution in [2.45, 2.75) is 26.2 Å². The Morgan fingerprint density at radius 1 is 1.38 bits per heavy atom. The zero-order valence-electron chi connectivity index (χ0n) is 11.9. The summed E-state index contributed by atoms with van der Waals surface area (Å²) in [6.07, 6.45) is 1.59. The molecule has 2 rings (SSSR count). The van der Waals surface area contributed by atoms with Crippen LogP contribution in [0.4, 0.5) is 5.69 Å². The van der Waals surface area contributed by atoms with Crippen LogP contribution in [-0.4, -0.2) is 35.0 Å². The van der Waals surface area contributed by atoms with Crippen LogP contribution in [0.3, 0.4) is 0 Å². The van der Waals surface area contributed by atoms with E-state index >= 15 is 0 Å². The van der Waals surface area contributed by atoms with Crippen LogP contribution in [-0.2, 0) is 4.79 Å². The zero-order chi connectivity index (χ0) is 15.6. The number of halogens is 1. The molecule has 0 spiro atoms. The second-order valence-electron chi connectivity index (χ2n) is 5.47. The lowest BCUT2D eigenvalue weighted by Gasteiger charge is -2.38. The summed E-state index contributed by atoms with van der Waals surface area (Å²) >= 11 is 3.30. The fraction of sp³-hybridized carbons (Fsp3) is 0.467. The molecule has 0 saturated carbocycles. The average Bonchev–Trinajstić information content (AvgIpc) is 2.49. The number of carboxylic acid groups (broad SMARTS) is 1. The van der Waals surface area contributed by atoms with E-state index in [4.69, 9.17) is 5.73 Å². The van der Waals surface area contributed by atoms with E-state index < -0.39 is 11.4 Å². The van der Waals surface area contributed by atoms with Gasteiger partial charge in [-0.1, -0.05) is 6.92 Å². The molecule has 1 saturated heterocycles. The quantitative estimate of drug-likeness (QED) is 0.817. The van der Waals surface area contributed by atoms with Gasteiger partial charge in [0.25, 0.3) is 5.91 Å². The molecule has 0 radical (unpaired) electrons. The number of benzene rings is 1. The van der Waals surface area contributed by atoms with Crippen molar-refractivity contribution in [2.24, 2.45) is 5.41 Å². The third-order valence-electron chi connectivity index (χ3n) is 4.38. The summed E-state index contributed by atoms with van der Waals surface area (Å²) in [7, 11) is 0. The number of rotatable bonds is 3. The van der Waals surface area contributed by atoms with E-state index in [0.29, 0.717) is 43.6 Å². The molecule has 114 valence electrons. The Kier molecular flexibility index (Phi) is 4.56. The third kappa shape index (κ3) is 3.05. The highest BCUT2D eigenvalue weighted by molar-refractivity contribution is 9.10. The number of aliphatic carboxylic acids is 1. The molecule has 0 unspecified atom stereocenters. The summed E-state index contributed by atoms with van der Waals surface area (Å²) < 4.78 is 0.758. The van der Waals surface area contributed by atoms with E-state index in [0.717, 1.165) is 4.47 Å². The predicted octanol–water partition coefficient (Wildman–Crippen LogP) is 2.75. The fourth-order valence-corrected chi connectivity index (χ4v) is 2.96. The maximum Gasteiger partial charge on any atom is 0.309 e. The molecule has 0 aromatic heterocycles. The van der Waals surface area contributed by atoms with Crippen molar-refractivity contribution in [3.8, 4) is 0 Å². The van der Waals surface area contributed by atoms with Gasteiger partial charge >= 0.3 is 5.97 Å². The van der Waals surface area contributed by atoms with Crippen molar-refractivity contribution in [1.82, 2.24) is 4.90 Å². The first-order valence-corrected chi connectivity index (χ1v) is 7.76. The number of nitrogens with two attached hydrogens (primary N) is 1. The molecule has 1 aromatic carbocycles. The number of nitrogen functional groups attached to an aromatic ring is 1. The van der Waals surface area contributed by atoms with Crippen molar-refractivity contribution >= 4 is 33.5 Å². The molecule has 1 heterocycles. The molecular formula is C15H19BrN2O3. The number of nitrogens with zero attached hydrogens (tertiary/aromatic N) is 1. The maximum atomic E-state index is 12.4. The lowest BCUT2D eigenvalue weighted by molar-refractivity contribution is -0.152. The number of hydrogen-bond donors (Lipinski definition) is 2. The van der Waals surface area contributed by atoms with Crippen LogP contribution in [0.15, 0.2) is 22.7 Å². The van der Waals surface area contributed by atoms with Crippen LogP contribution in [0.2, 0.25) is 0 Å². The molecular weight excluding hydrogens is 336 g/mol. The van der Waals surface area contributed by atoms with Gasteiger partial charge in [-0.3, -0.25) is 9.59 Å². The summed E-state index contributed by atoms with van der Waals surface area (Å²) in [5, 5.41) is 9.37. The SMILES string of the molecule is CCC1(C(=O)O)CCN(C(=O)c2ccc(Br)c(N)c2)CC1. The highest BCUT2D eigenvalue weighted by Crippen LogP contribution is 2.35. The van der Waals surface area contributed by atoms with E-state index in [1.807, 2.05) is 6.92 Å². The molecule has 0 aliphatic carbocycles. The highest BCUT2D eigenvalue weighted by atomic mass is 79.9. The summed E-state index contributed by atoms with van der Waals surface area (Å²) in [4.78, 5) is 25.6. The molecule has 0 bridgehead atoms. The normalized spacial score (nSPS) is 17.5. The number of likely N-dealkylation sites (tertiary alicyclic amines) is 1. The Hall–Kier alpha value is -1.56. The fourth-order valence-electron chi connectivity index (χ4n) is 2.72. The van der Waals surface area contributed by atoms with E-state index in [2.05, 4.69) is 15.9 Å². The van der Waals surface area contributed by atoms with Crippen molar-refractivity contribution in [1.29, 1.82) is 0 Å². The smallest absolute Gasteiger partial charge is 0.309 e. The average molecular weight is 355 g/mol. The largest absolute Gasteiger partial charge is 0.481 e. The number of carbonyl (C=O) groups excluding carboxylic acids is 1. The van der Waals surface area contributed by atoms with Gasteiger partial charge in [-0.2, -0.15) is 0 Å². The number of anilines is 1.